The first-order valence-electron chi connectivity index (χ1n) is 4.90. The highest BCUT2D eigenvalue weighted by atomic mass is 32.2. The van der Waals surface area contributed by atoms with Gasteiger partial charge in [-0.2, -0.15) is 0 Å². The normalized spacial score (nSPS) is 13.8. The van der Waals surface area contributed by atoms with Crippen LogP contribution in [-0.4, -0.2) is 28.3 Å². The maximum absolute atomic E-state index is 11.5. The van der Waals surface area contributed by atoms with Crippen LogP contribution in [0.4, 0.5) is 0 Å². The highest BCUT2D eigenvalue weighted by Gasteiger charge is 2.16. The van der Waals surface area contributed by atoms with E-state index in [1.165, 1.54) is 6.26 Å². The molecule has 0 heterocycles. The standard InChI is InChI=1S/C11H17NO2S/c1-9(8-12-2)10-6-4-5-7-11(10)15(3,13)14/h4-7,9,12H,8H2,1-3H3. The molecule has 3 nitrogen and oxygen atoms in total. The van der Waals surface area contributed by atoms with Gasteiger partial charge in [-0.1, -0.05) is 25.1 Å². The fourth-order valence-electron chi connectivity index (χ4n) is 1.64. The third-order valence-electron chi connectivity index (χ3n) is 2.36. The first-order chi connectivity index (χ1) is 6.96. The van der Waals surface area contributed by atoms with Gasteiger partial charge in [-0.3, -0.25) is 0 Å². The Hall–Kier alpha value is -0.870. The summed E-state index contributed by atoms with van der Waals surface area (Å²) in [6, 6.07) is 7.16. The predicted molar refractivity (Wildman–Crippen MR) is 61.9 cm³/mol. The summed E-state index contributed by atoms with van der Waals surface area (Å²) >= 11 is 0. The Morgan fingerprint density at radius 2 is 1.93 bits per heavy atom. The molecule has 1 N–H and O–H groups in total. The summed E-state index contributed by atoms with van der Waals surface area (Å²) in [5.74, 6) is 0.195. The molecule has 1 rings (SSSR count). The molecule has 0 bridgehead atoms. The van der Waals surface area contributed by atoms with Crippen LogP contribution < -0.4 is 5.32 Å². The molecule has 0 saturated heterocycles. The van der Waals surface area contributed by atoms with Gasteiger partial charge < -0.3 is 5.32 Å². The Morgan fingerprint density at radius 3 is 2.47 bits per heavy atom. The minimum absolute atomic E-state index is 0.195. The smallest absolute Gasteiger partial charge is 0.175 e. The van der Waals surface area contributed by atoms with Crippen molar-refractivity contribution >= 4 is 9.84 Å². The van der Waals surface area contributed by atoms with Crippen LogP contribution in [0.2, 0.25) is 0 Å². The number of likely N-dealkylation sites (N-methyl/N-ethyl adjacent to an activating group) is 1. The third-order valence-corrected chi connectivity index (χ3v) is 3.53. The van der Waals surface area contributed by atoms with Gasteiger partial charge in [0.05, 0.1) is 4.90 Å². The summed E-state index contributed by atoms with van der Waals surface area (Å²) in [4.78, 5) is 0.438. The van der Waals surface area contributed by atoms with Crippen molar-refractivity contribution in [2.75, 3.05) is 19.8 Å². The summed E-state index contributed by atoms with van der Waals surface area (Å²) in [5, 5.41) is 3.05. The van der Waals surface area contributed by atoms with E-state index in [0.717, 1.165) is 12.1 Å². The van der Waals surface area contributed by atoms with E-state index in [4.69, 9.17) is 0 Å². The van der Waals surface area contributed by atoms with E-state index in [1.807, 2.05) is 26.1 Å². The zero-order chi connectivity index (χ0) is 11.5. The molecular formula is C11H17NO2S. The first kappa shape index (κ1) is 12.2. The summed E-state index contributed by atoms with van der Waals surface area (Å²) < 4.78 is 23.1. The quantitative estimate of drug-likeness (QED) is 0.846. The van der Waals surface area contributed by atoms with Crippen LogP contribution in [0.3, 0.4) is 0 Å². The summed E-state index contributed by atoms with van der Waals surface area (Å²) in [6.07, 6.45) is 1.25. The lowest BCUT2D eigenvalue weighted by Crippen LogP contribution is -2.16. The van der Waals surface area contributed by atoms with Crippen molar-refractivity contribution in [3.8, 4) is 0 Å². The topological polar surface area (TPSA) is 46.2 Å². The van der Waals surface area contributed by atoms with E-state index < -0.39 is 9.84 Å². The summed E-state index contributed by atoms with van der Waals surface area (Å²) in [6.45, 7) is 2.78. The third kappa shape index (κ3) is 3.04. The summed E-state index contributed by atoms with van der Waals surface area (Å²) in [7, 11) is -1.26. The lowest BCUT2D eigenvalue weighted by atomic mass is 10.0. The zero-order valence-corrected chi connectivity index (χ0v) is 10.1. The van der Waals surface area contributed by atoms with Gasteiger partial charge in [0.1, 0.15) is 0 Å². The van der Waals surface area contributed by atoms with Crippen LogP contribution >= 0.6 is 0 Å². The van der Waals surface area contributed by atoms with E-state index in [9.17, 15) is 8.42 Å². The Kier molecular flexibility index (Phi) is 3.88. The van der Waals surface area contributed by atoms with E-state index >= 15 is 0 Å². The van der Waals surface area contributed by atoms with Crippen LogP contribution in [0.15, 0.2) is 29.2 Å². The van der Waals surface area contributed by atoms with Gasteiger partial charge in [-0.15, -0.1) is 0 Å². The van der Waals surface area contributed by atoms with Gasteiger partial charge in [0.2, 0.25) is 0 Å². The summed E-state index contributed by atoms with van der Waals surface area (Å²) in [5.41, 5.74) is 0.884. The number of nitrogens with one attached hydrogen (secondary N) is 1. The first-order valence-corrected chi connectivity index (χ1v) is 6.79. The van der Waals surface area contributed by atoms with Gasteiger partial charge in [0.25, 0.3) is 0 Å². The largest absolute Gasteiger partial charge is 0.319 e. The number of rotatable bonds is 4. The Labute approximate surface area is 91.4 Å². The fourth-order valence-corrected chi connectivity index (χ4v) is 2.66. The molecule has 1 unspecified atom stereocenters. The highest BCUT2D eigenvalue weighted by molar-refractivity contribution is 7.90. The monoisotopic (exact) mass is 227 g/mol. The van der Waals surface area contributed by atoms with Crippen molar-refractivity contribution in [2.24, 2.45) is 0 Å². The highest BCUT2D eigenvalue weighted by Crippen LogP contribution is 2.23. The maximum Gasteiger partial charge on any atom is 0.175 e. The predicted octanol–water partition coefficient (Wildman–Crippen LogP) is 1.41. The van der Waals surface area contributed by atoms with Crippen molar-refractivity contribution in [3.05, 3.63) is 29.8 Å². The Bertz CT molecular complexity index is 426. The second-order valence-corrected chi connectivity index (χ2v) is 5.75. The van der Waals surface area contributed by atoms with Crippen LogP contribution in [-0.2, 0) is 9.84 Å². The van der Waals surface area contributed by atoms with E-state index in [0.29, 0.717) is 4.90 Å². The Balaban J connectivity index is 3.18. The molecule has 1 aromatic carbocycles. The number of benzene rings is 1. The van der Waals surface area contributed by atoms with Crippen LogP contribution in [0, 0.1) is 0 Å². The van der Waals surface area contributed by atoms with Gasteiger partial charge >= 0.3 is 0 Å². The molecule has 0 aromatic heterocycles. The van der Waals surface area contributed by atoms with Crippen LogP contribution in [0.1, 0.15) is 18.4 Å². The van der Waals surface area contributed by atoms with Gasteiger partial charge in [-0.05, 0) is 24.6 Å². The molecule has 1 atom stereocenters. The molecular weight excluding hydrogens is 210 g/mol. The second-order valence-electron chi connectivity index (χ2n) is 3.77. The minimum atomic E-state index is -3.12. The van der Waals surface area contributed by atoms with Gasteiger partial charge in [0.15, 0.2) is 9.84 Å². The molecule has 0 aliphatic carbocycles. The minimum Gasteiger partial charge on any atom is -0.319 e. The molecule has 0 saturated carbocycles. The van der Waals surface area contributed by atoms with E-state index in [-0.39, 0.29) is 5.92 Å². The molecule has 0 amide bonds. The number of hydrogen-bond donors (Lipinski definition) is 1. The molecule has 0 spiro atoms. The van der Waals surface area contributed by atoms with Gasteiger partial charge in [0, 0.05) is 12.8 Å². The molecule has 0 aliphatic heterocycles. The van der Waals surface area contributed by atoms with Crippen molar-refractivity contribution in [2.45, 2.75) is 17.7 Å². The van der Waals surface area contributed by atoms with Crippen molar-refractivity contribution in [3.63, 3.8) is 0 Å². The molecule has 4 heteroatoms. The SMILES string of the molecule is CNCC(C)c1ccccc1S(C)(=O)=O. The molecule has 0 fully saturated rings. The molecule has 15 heavy (non-hydrogen) atoms. The average Bonchev–Trinajstić information content (AvgIpc) is 2.17. The van der Waals surface area contributed by atoms with Crippen molar-refractivity contribution in [1.29, 1.82) is 0 Å². The van der Waals surface area contributed by atoms with Crippen molar-refractivity contribution < 1.29 is 8.42 Å². The molecule has 1 aromatic rings. The van der Waals surface area contributed by atoms with Crippen LogP contribution in [0.25, 0.3) is 0 Å². The van der Waals surface area contributed by atoms with Crippen molar-refractivity contribution in [1.82, 2.24) is 5.32 Å². The van der Waals surface area contributed by atoms with E-state index in [2.05, 4.69) is 5.32 Å². The molecule has 0 radical (unpaired) electrons. The lowest BCUT2D eigenvalue weighted by Gasteiger charge is -2.14. The fraction of sp³-hybridized carbons (Fsp3) is 0.455. The van der Waals surface area contributed by atoms with E-state index in [1.54, 1.807) is 12.1 Å². The number of hydrogen-bond acceptors (Lipinski definition) is 3. The van der Waals surface area contributed by atoms with Crippen LogP contribution in [0.5, 0.6) is 0 Å². The Morgan fingerprint density at radius 1 is 1.33 bits per heavy atom. The lowest BCUT2D eigenvalue weighted by molar-refractivity contribution is 0.596. The number of sulfone groups is 1. The van der Waals surface area contributed by atoms with Gasteiger partial charge in [-0.25, -0.2) is 8.42 Å². The second kappa shape index (κ2) is 4.77. The average molecular weight is 227 g/mol. The maximum atomic E-state index is 11.5. The molecule has 0 aliphatic rings. The zero-order valence-electron chi connectivity index (χ0n) is 9.32. The molecule has 84 valence electrons.